The molecule has 100 valence electrons. The molecule has 0 radical (unpaired) electrons. The van der Waals surface area contributed by atoms with Crippen LogP contribution in [0, 0.1) is 11.7 Å². The smallest absolute Gasteiger partial charge is 0.241 e. The minimum absolute atomic E-state index is 0.0579. The van der Waals surface area contributed by atoms with Gasteiger partial charge in [0, 0.05) is 12.6 Å². The standard InChI is InChI=1S/C12H17FN2O2S/c1-8(9-2-3-9)15-18(16,17)12-6-11(13)5-4-10(12)7-14/h4-6,8-9,15H,2-3,7,14H2,1H3. The highest BCUT2D eigenvalue weighted by molar-refractivity contribution is 7.89. The molecule has 0 aromatic heterocycles. The van der Waals surface area contributed by atoms with Gasteiger partial charge in [-0.1, -0.05) is 6.07 Å². The van der Waals surface area contributed by atoms with Crippen molar-refractivity contribution >= 4 is 10.0 Å². The molecule has 4 nitrogen and oxygen atoms in total. The van der Waals surface area contributed by atoms with E-state index in [9.17, 15) is 12.8 Å². The lowest BCUT2D eigenvalue weighted by Crippen LogP contribution is -2.34. The van der Waals surface area contributed by atoms with Crippen LogP contribution in [-0.4, -0.2) is 14.5 Å². The Morgan fingerprint density at radius 1 is 1.50 bits per heavy atom. The van der Waals surface area contributed by atoms with Crippen LogP contribution in [0.4, 0.5) is 4.39 Å². The largest absolute Gasteiger partial charge is 0.326 e. The molecule has 3 N–H and O–H groups in total. The molecular weight excluding hydrogens is 255 g/mol. The minimum atomic E-state index is -3.70. The molecule has 0 heterocycles. The Morgan fingerprint density at radius 3 is 2.72 bits per heavy atom. The molecule has 0 aliphatic heterocycles. The number of hydrogen-bond acceptors (Lipinski definition) is 3. The lowest BCUT2D eigenvalue weighted by atomic mass is 10.2. The van der Waals surface area contributed by atoms with E-state index in [1.807, 2.05) is 6.92 Å². The van der Waals surface area contributed by atoms with Gasteiger partial charge in [-0.25, -0.2) is 17.5 Å². The Balaban J connectivity index is 2.30. The molecule has 1 aliphatic carbocycles. The normalized spacial score (nSPS) is 17.7. The predicted molar refractivity (Wildman–Crippen MR) is 66.8 cm³/mol. The molecule has 1 fully saturated rings. The summed E-state index contributed by atoms with van der Waals surface area (Å²) in [5, 5.41) is 0. The van der Waals surface area contributed by atoms with Gasteiger partial charge in [-0.3, -0.25) is 0 Å². The molecule has 1 aliphatic rings. The van der Waals surface area contributed by atoms with Crippen LogP contribution in [0.2, 0.25) is 0 Å². The second-order valence-corrected chi connectivity index (χ2v) is 6.39. The van der Waals surface area contributed by atoms with Crippen LogP contribution in [0.25, 0.3) is 0 Å². The molecule has 1 unspecified atom stereocenters. The zero-order valence-corrected chi connectivity index (χ0v) is 11.0. The molecule has 18 heavy (non-hydrogen) atoms. The molecule has 6 heteroatoms. The highest BCUT2D eigenvalue weighted by Gasteiger charge is 2.31. The molecule has 1 aromatic rings. The fourth-order valence-electron chi connectivity index (χ4n) is 1.95. The summed E-state index contributed by atoms with van der Waals surface area (Å²) < 4.78 is 40.1. The fraction of sp³-hybridized carbons (Fsp3) is 0.500. The van der Waals surface area contributed by atoms with Crippen LogP contribution < -0.4 is 10.5 Å². The Kier molecular flexibility index (Phi) is 3.70. The molecule has 0 saturated heterocycles. The van der Waals surface area contributed by atoms with Crippen molar-refractivity contribution in [3.05, 3.63) is 29.6 Å². The molecule has 1 aromatic carbocycles. The molecule has 0 amide bonds. The van der Waals surface area contributed by atoms with Crippen molar-refractivity contribution in [3.63, 3.8) is 0 Å². The monoisotopic (exact) mass is 272 g/mol. The minimum Gasteiger partial charge on any atom is -0.326 e. The third-order valence-electron chi connectivity index (χ3n) is 3.21. The molecule has 0 bridgehead atoms. The van der Waals surface area contributed by atoms with E-state index in [0.29, 0.717) is 11.5 Å². The average molecular weight is 272 g/mol. The number of halogens is 1. The van der Waals surface area contributed by atoms with E-state index in [1.165, 1.54) is 12.1 Å². The van der Waals surface area contributed by atoms with E-state index in [2.05, 4.69) is 4.72 Å². The van der Waals surface area contributed by atoms with Crippen molar-refractivity contribution in [1.82, 2.24) is 4.72 Å². The summed E-state index contributed by atoms with van der Waals surface area (Å²) in [5.74, 6) is -0.179. The first-order valence-corrected chi connectivity index (χ1v) is 7.43. The summed E-state index contributed by atoms with van der Waals surface area (Å²) in [4.78, 5) is -0.0579. The summed E-state index contributed by atoms with van der Waals surface area (Å²) >= 11 is 0. The first-order valence-electron chi connectivity index (χ1n) is 5.95. The summed E-state index contributed by atoms with van der Waals surface area (Å²) in [7, 11) is -3.70. The van der Waals surface area contributed by atoms with Crippen LogP contribution in [0.15, 0.2) is 23.1 Å². The second kappa shape index (κ2) is 4.95. The van der Waals surface area contributed by atoms with Crippen LogP contribution in [0.3, 0.4) is 0 Å². The Morgan fingerprint density at radius 2 is 2.17 bits per heavy atom. The molecule has 0 spiro atoms. The van der Waals surface area contributed by atoms with E-state index < -0.39 is 15.8 Å². The molecular formula is C12H17FN2O2S. The lowest BCUT2D eigenvalue weighted by Gasteiger charge is -2.15. The lowest BCUT2D eigenvalue weighted by molar-refractivity contribution is 0.535. The van der Waals surface area contributed by atoms with Gasteiger partial charge >= 0.3 is 0 Å². The van der Waals surface area contributed by atoms with Gasteiger partial charge in [-0.05, 0) is 43.4 Å². The maximum atomic E-state index is 13.2. The van der Waals surface area contributed by atoms with Gasteiger partial charge in [-0.15, -0.1) is 0 Å². The third kappa shape index (κ3) is 2.88. The SMILES string of the molecule is CC(NS(=O)(=O)c1cc(F)ccc1CN)C1CC1. The van der Waals surface area contributed by atoms with E-state index in [4.69, 9.17) is 5.73 Å². The van der Waals surface area contributed by atoms with Crippen LogP contribution in [0.5, 0.6) is 0 Å². The average Bonchev–Trinajstić information content (AvgIpc) is 3.12. The van der Waals surface area contributed by atoms with Gasteiger partial charge in [0.05, 0.1) is 4.90 Å². The van der Waals surface area contributed by atoms with Crippen molar-refractivity contribution < 1.29 is 12.8 Å². The quantitative estimate of drug-likeness (QED) is 0.850. The van der Waals surface area contributed by atoms with Gasteiger partial charge in [0.1, 0.15) is 5.82 Å². The topological polar surface area (TPSA) is 72.2 Å². The van der Waals surface area contributed by atoms with Crippen LogP contribution in [0.1, 0.15) is 25.3 Å². The predicted octanol–water partition coefficient (Wildman–Crippen LogP) is 1.36. The third-order valence-corrected chi connectivity index (χ3v) is 4.85. The zero-order chi connectivity index (χ0) is 13.3. The van der Waals surface area contributed by atoms with E-state index in [0.717, 1.165) is 18.9 Å². The molecule has 1 atom stereocenters. The van der Waals surface area contributed by atoms with Gasteiger partial charge in [0.15, 0.2) is 0 Å². The fourth-order valence-corrected chi connectivity index (χ4v) is 3.52. The summed E-state index contributed by atoms with van der Waals surface area (Å²) in [6.07, 6.45) is 2.08. The molecule has 2 rings (SSSR count). The highest BCUT2D eigenvalue weighted by atomic mass is 32.2. The highest BCUT2D eigenvalue weighted by Crippen LogP contribution is 2.33. The van der Waals surface area contributed by atoms with Gasteiger partial charge < -0.3 is 5.73 Å². The van der Waals surface area contributed by atoms with Crippen molar-refractivity contribution in [1.29, 1.82) is 0 Å². The maximum Gasteiger partial charge on any atom is 0.241 e. The zero-order valence-electron chi connectivity index (χ0n) is 10.2. The first-order chi connectivity index (χ1) is 8.44. The number of nitrogens with two attached hydrogens (primary N) is 1. The van der Waals surface area contributed by atoms with Gasteiger partial charge in [0.25, 0.3) is 0 Å². The van der Waals surface area contributed by atoms with E-state index in [-0.39, 0.29) is 17.5 Å². The van der Waals surface area contributed by atoms with Crippen molar-refractivity contribution in [3.8, 4) is 0 Å². The number of rotatable bonds is 5. The van der Waals surface area contributed by atoms with Crippen molar-refractivity contribution in [2.75, 3.05) is 0 Å². The maximum absolute atomic E-state index is 13.2. The van der Waals surface area contributed by atoms with Gasteiger partial charge in [-0.2, -0.15) is 0 Å². The number of nitrogens with one attached hydrogen (secondary N) is 1. The number of sulfonamides is 1. The Bertz CT molecular complexity index is 541. The van der Waals surface area contributed by atoms with Crippen LogP contribution >= 0.6 is 0 Å². The van der Waals surface area contributed by atoms with Gasteiger partial charge in [0.2, 0.25) is 10.0 Å². The molecule has 1 saturated carbocycles. The number of hydrogen-bond donors (Lipinski definition) is 2. The Labute approximate surface area is 106 Å². The van der Waals surface area contributed by atoms with Crippen molar-refractivity contribution in [2.24, 2.45) is 11.7 Å². The summed E-state index contributed by atoms with van der Waals surface area (Å²) in [6, 6.07) is 3.52. The summed E-state index contributed by atoms with van der Waals surface area (Å²) in [6.45, 7) is 1.89. The van der Waals surface area contributed by atoms with E-state index >= 15 is 0 Å². The van der Waals surface area contributed by atoms with Crippen molar-refractivity contribution in [2.45, 2.75) is 37.2 Å². The summed E-state index contributed by atoms with van der Waals surface area (Å²) in [5.41, 5.74) is 5.91. The van der Waals surface area contributed by atoms with Crippen LogP contribution in [-0.2, 0) is 16.6 Å². The number of benzene rings is 1. The van der Waals surface area contributed by atoms with E-state index in [1.54, 1.807) is 0 Å². The first kappa shape index (κ1) is 13.5. The Hall–Kier alpha value is -0.980. The second-order valence-electron chi connectivity index (χ2n) is 4.70.